The Hall–Kier alpha value is 0.230. The molecule has 1 aromatic heterocycles. The first-order valence-electron chi connectivity index (χ1n) is 6.68. The van der Waals surface area contributed by atoms with Crippen molar-refractivity contribution in [2.24, 2.45) is 5.92 Å². The van der Waals surface area contributed by atoms with Crippen molar-refractivity contribution in [1.29, 1.82) is 0 Å². The lowest BCUT2D eigenvalue weighted by Crippen LogP contribution is -2.34. The van der Waals surface area contributed by atoms with Crippen molar-refractivity contribution >= 4 is 51.9 Å². The molecule has 1 fully saturated rings. The van der Waals surface area contributed by atoms with Crippen molar-refractivity contribution in [2.75, 3.05) is 24.4 Å². The maximum atomic E-state index is 10.5. The molecule has 0 aliphatic heterocycles. The molecule has 3 N–H and O–H groups in total. The van der Waals surface area contributed by atoms with Crippen LogP contribution >= 0.6 is 46.1 Å². The second-order valence-electron chi connectivity index (χ2n) is 5.08. The number of aliphatic hydroxyl groups excluding tert-OH is 2. The lowest BCUT2D eigenvalue weighted by atomic mass is 10.1. The van der Waals surface area contributed by atoms with E-state index in [2.05, 4.69) is 37.9 Å². The molecular formula is C13H20IN3O2S2. The van der Waals surface area contributed by atoms with Crippen LogP contribution in [0.15, 0.2) is 5.16 Å². The quantitative estimate of drug-likeness (QED) is 0.367. The molecule has 1 aliphatic carbocycles. The first-order valence-corrected chi connectivity index (χ1v) is 10.3. The largest absolute Gasteiger partial charge is 0.396 e. The number of rotatable bonds is 5. The third-order valence-corrected chi connectivity index (χ3v) is 6.83. The van der Waals surface area contributed by atoms with Crippen LogP contribution in [-0.4, -0.2) is 56.7 Å². The molecule has 0 spiro atoms. The fraction of sp³-hybridized carbons (Fsp3) is 0.692. The number of nitrogens with one attached hydrogen (secondary N) is 1. The Morgan fingerprint density at radius 1 is 1.38 bits per heavy atom. The Bertz CT molecular complexity index is 507. The summed E-state index contributed by atoms with van der Waals surface area (Å²) < 4.78 is 0.978. The Balaban J connectivity index is 2.20. The summed E-state index contributed by atoms with van der Waals surface area (Å²) in [7, 11) is 0. The number of hydrogen-bond acceptors (Lipinski definition) is 7. The van der Waals surface area contributed by atoms with Crippen LogP contribution in [0.3, 0.4) is 0 Å². The zero-order chi connectivity index (χ0) is 15.6. The molecule has 0 aromatic carbocycles. The van der Waals surface area contributed by atoms with E-state index in [0.717, 1.165) is 26.7 Å². The summed E-state index contributed by atoms with van der Waals surface area (Å²) >= 11 is 5.34. The minimum Gasteiger partial charge on any atom is -0.396 e. The molecule has 1 unspecified atom stereocenters. The normalized spacial score (nSPS) is 28.9. The number of nitrogens with zero attached hydrogens (tertiary/aromatic N) is 2. The molecule has 21 heavy (non-hydrogen) atoms. The molecule has 0 radical (unpaired) electrons. The average molecular weight is 441 g/mol. The fourth-order valence-electron chi connectivity index (χ4n) is 2.66. The van der Waals surface area contributed by atoms with Crippen LogP contribution in [0, 0.1) is 16.4 Å². The van der Waals surface area contributed by atoms with Gasteiger partial charge in [-0.15, -0.1) is 0 Å². The van der Waals surface area contributed by atoms with Crippen molar-refractivity contribution in [2.45, 2.75) is 35.9 Å². The molecule has 5 nitrogen and oxygen atoms in total. The standard InChI is InChI=1S/C13H20IN3O2S2/c1-6-9(14)12(17-13(15-6)21-3)16-8-4-7(5-18)11(20-2)10(8)19/h7-8,10-11,18-19H,4-5H2,1-3H3,(H,15,16,17)/t7?,8-,10+,11+/m1/s1. The summed E-state index contributed by atoms with van der Waals surface area (Å²) in [5.74, 6) is 0.892. The summed E-state index contributed by atoms with van der Waals surface area (Å²) in [6.07, 6.45) is 4.18. The van der Waals surface area contributed by atoms with Crippen molar-refractivity contribution in [1.82, 2.24) is 9.97 Å². The van der Waals surface area contributed by atoms with Gasteiger partial charge in [-0.1, -0.05) is 11.8 Å². The lowest BCUT2D eigenvalue weighted by molar-refractivity contribution is 0.163. The minimum absolute atomic E-state index is 0.0631. The van der Waals surface area contributed by atoms with E-state index in [-0.39, 0.29) is 23.8 Å². The topological polar surface area (TPSA) is 78.3 Å². The van der Waals surface area contributed by atoms with Gasteiger partial charge in [0.05, 0.1) is 21.4 Å². The Labute approximate surface area is 147 Å². The van der Waals surface area contributed by atoms with Gasteiger partial charge in [0.2, 0.25) is 0 Å². The van der Waals surface area contributed by atoms with Crippen LogP contribution in [0.2, 0.25) is 0 Å². The zero-order valence-electron chi connectivity index (χ0n) is 12.2. The van der Waals surface area contributed by atoms with E-state index in [1.54, 1.807) is 11.8 Å². The van der Waals surface area contributed by atoms with E-state index < -0.39 is 6.10 Å². The zero-order valence-corrected chi connectivity index (χ0v) is 16.0. The third-order valence-electron chi connectivity index (χ3n) is 3.78. The predicted molar refractivity (Wildman–Crippen MR) is 97.2 cm³/mol. The summed E-state index contributed by atoms with van der Waals surface area (Å²) in [4.78, 5) is 8.91. The molecule has 4 atom stereocenters. The van der Waals surface area contributed by atoms with Gasteiger partial charge in [-0.05, 0) is 54.4 Å². The molecule has 1 aliphatic rings. The van der Waals surface area contributed by atoms with Gasteiger partial charge in [0.15, 0.2) is 5.16 Å². The Morgan fingerprint density at radius 3 is 2.62 bits per heavy atom. The monoisotopic (exact) mass is 441 g/mol. The van der Waals surface area contributed by atoms with E-state index in [1.807, 2.05) is 19.4 Å². The molecule has 118 valence electrons. The van der Waals surface area contributed by atoms with Gasteiger partial charge >= 0.3 is 0 Å². The fourth-order valence-corrected chi connectivity index (χ4v) is 4.52. The molecule has 2 rings (SSSR count). The minimum atomic E-state index is -0.485. The van der Waals surface area contributed by atoms with Gasteiger partial charge in [0, 0.05) is 11.9 Å². The highest BCUT2D eigenvalue weighted by atomic mass is 127. The first kappa shape index (κ1) is 17.6. The van der Waals surface area contributed by atoms with Crippen LogP contribution in [-0.2, 0) is 0 Å². The summed E-state index contributed by atoms with van der Waals surface area (Å²) in [5, 5.41) is 24.1. The molecule has 1 aromatic rings. The molecule has 1 heterocycles. The van der Waals surface area contributed by atoms with Crippen molar-refractivity contribution < 1.29 is 10.2 Å². The maximum Gasteiger partial charge on any atom is 0.189 e. The van der Waals surface area contributed by atoms with Crippen LogP contribution in [0.5, 0.6) is 0 Å². The van der Waals surface area contributed by atoms with Crippen LogP contribution < -0.4 is 5.32 Å². The summed E-state index contributed by atoms with van der Waals surface area (Å²) in [6.45, 7) is 2.07. The Kier molecular flexibility index (Phi) is 6.42. The van der Waals surface area contributed by atoms with Gasteiger partial charge in [-0.25, -0.2) is 9.97 Å². The highest BCUT2D eigenvalue weighted by Crippen LogP contribution is 2.36. The van der Waals surface area contributed by atoms with Gasteiger partial charge in [0.1, 0.15) is 5.82 Å². The smallest absolute Gasteiger partial charge is 0.189 e. The number of aryl methyl sites for hydroxylation is 1. The number of hydrogen-bond donors (Lipinski definition) is 3. The summed E-state index contributed by atoms with van der Waals surface area (Å²) in [5.41, 5.74) is 0.935. The van der Waals surface area contributed by atoms with E-state index in [9.17, 15) is 10.2 Å². The number of anilines is 1. The SMILES string of the molecule is CSc1nc(C)c(I)c(N[C@@H]2CC(CO)[C@H](SC)[C@H]2O)n1. The van der Waals surface area contributed by atoms with E-state index in [1.165, 1.54) is 11.8 Å². The van der Waals surface area contributed by atoms with Crippen LogP contribution in [0.1, 0.15) is 12.1 Å². The average Bonchev–Trinajstić information content (AvgIpc) is 2.79. The molecule has 1 saturated carbocycles. The van der Waals surface area contributed by atoms with Crippen LogP contribution in [0.25, 0.3) is 0 Å². The molecule has 0 amide bonds. The van der Waals surface area contributed by atoms with E-state index in [0.29, 0.717) is 0 Å². The lowest BCUT2D eigenvalue weighted by Gasteiger charge is -2.21. The maximum absolute atomic E-state index is 10.5. The highest BCUT2D eigenvalue weighted by molar-refractivity contribution is 14.1. The first-order chi connectivity index (χ1) is 10.0. The predicted octanol–water partition coefficient (Wildman–Crippen LogP) is 2.00. The van der Waals surface area contributed by atoms with E-state index >= 15 is 0 Å². The number of thioether (sulfide) groups is 2. The van der Waals surface area contributed by atoms with Gasteiger partial charge < -0.3 is 15.5 Å². The van der Waals surface area contributed by atoms with Gasteiger partial charge in [-0.2, -0.15) is 11.8 Å². The van der Waals surface area contributed by atoms with Gasteiger partial charge in [-0.3, -0.25) is 0 Å². The third kappa shape index (κ3) is 3.77. The highest BCUT2D eigenvalue weighted by Gasteiger charge is 2.42. The number of halogens is 1. The van der Waals surface area contributed by atoms with Crippen LogP contribution in [0.4, 0.5) is 5.82 Å². The number of aliphatic hydroxyl groups is 2. The summed E-state index contributed by atoms with van der Waals surface area (Å²) in [6, 6.07) is -0.0860. The molecular weight excluding hydrogens is 421 g/mol. The van der Waals surface area contributed by atoms with Gasteiger partial charge in [0.25, 0.3) is 0 Å². The molecule has 8 heteroatoms. The molecule has 0 saturated heterocycles. The second kappa shape index (κ2) is 7.67. The van der Waals surface area contributed by atoms with E-state index in [4.69, 9.17) is 0 Å². The van der Waals surface area contributed by atoms with Crippen molar-refractivity contribution in [3.63, 3.8) is 0 Å². The van der Waals surface area contributed by atoms with Crippen molar-refractivity contribution in [3.05, 3.63) is 9.26 Å². The molecule has 0 bridgehead atoms. The van der Waals surface area contributed by atoms with Crippen molar-refractivity contribution in [3.8, 4) is 0 Å². The second-order valence-corrected chi connectivity index (χ2v) is 7.95. The Morgan fingerprint density at radius 2 is 2.10 bits per heavy atom. The number of aromatic nitrogens is 2.